The molecule has 0 radical (unpaired) electrons. The number of hydrogen-bond donors (Lipinski definition) is 0. The van der Waals surface area contributed by atoms with Crippen molar-refractivity contribution in [2.75, 3.05) is 0 Å². The molecule has 138 valence electrons. The van der Waals surface area contributed by atoms with Crippen LogP contribution in [0.5, 0.6) is 0 Å². The Hall–Kier alpha value is -0.720. The number of ether oxygens (including phenoxy) is 1. The molecule has 0 heterocycles. The first-order valence-corrected chi connectivity index (χ1v) is 10.8. The molecule has 0 saturated heterocycles. The van der Waals surface area contributed by atoms with Gasteiger partial charge in [-0.3, -0.25) is 0 Å². The van der Waals surface area contributed by atoms with Gasteiger partial charge in [-0.1, -0.05) is 38.8 Å². The van der Waals surface area contributed by atoms with Crippen molar-refractivity contribution >= 4 is 0 Å². The van der Waals surface area contributed by atoms with Crippen molar-refractivity contribution in [1.29, 1.82) is 0 Å². The minimum Gasteiger partial charge on any atom is -0.498 e. The Balaban J connectivity index is 1.60. The van der Waals surface area contributed by atoms with Crippen molar-refractivity contribution in [2.24, 2.45) is 17.8 Å². The molecule has 0 spiro atoms. The normalized spacial score (nSPS) is 31.8. The van der Waals surface area contributed by atoms with Gasteiger partial charge in [-0.25, -0.2) is 0 Å². The van der Waals surface area contributed by atoms with Crippen molar-refractivity contribution < 1.29 is 4.74 Å². The summed E-state index contributed by atoms with van der Waals surface area (Å²) in [6, 6.07) is 0. The highest BCUT2D eigenvalue weighted by atomic mass is 16.5. The van der Waals surface area contributed by atoms with Crippen molar-refractivity contribution in [3.8, 4) is 0 Å². The highest BCUT2D eigenvalue weighted by molar-refractivity contribution is 4.92. The second-order valence-electron chi connectivity index (χ2n) is 8.08. The molecule has 0 aromatic heterocycles. The maximum atomic E-state index is 5.95. The van der Waals surface area contributed by atoms with Crippen LogP contribution in [0, 0.1) is 17.8 Å². The first-order chi connectivity index (χ1) is 11.8. The van der Waals surface area contributed by atoms with Gasteiger partial charge in [0.05, 0.1) is 12.4 Å². The van der Waals surface area contributed by atoms with Crippen LogP contribution < -0.4 is 0 Å². The summed E-state index contributed by atoms with van der Waals surface area (Å²) in [5, 5.41) is 0. The van der Waals surface area contributed by atoms with E-state index in [0.717, 1.165) is 17.8 Å². The summed E-state index contributed by atoms with van der Waals surface area (Å²) < 4.78 is 5.95. The standard InChI is InChI=1S/C23H40O/c1-3-5-7-9-19-24-23-17-15-22(16-18-23)21-13-11-20(12-14-21)10-8-6-4-2/h8-10,19-23H,3-7,11-18H2,1-2H3. The van der Waals surface area contributed by atoms with E-state index in [-0.39, 0.29) is 0 Å². The molecule has 0 amide bonds. The van der Waals surface area contributed by atoms with Crippen LogP contribution in [0.15, 0.2) is 24.5 Å². The molecule has 0 atom stereocenters. The van der Waals surface area contributed by atoms with E-state index >= 15 is 0 Å². The smallest absolute Gasteiger partial charge is 0.0978 e. The number of rotatable bonds is 9. The fourth-order valence-electron chi connectivity index (χ4n) is 4.52. The van der Waals surface area contributed by atoms with Gasteiger partial charge in [0.1, 0.15) is 0 Å². The number of unbranched alkanes of at least 4 members (excludes halogenated alkanes) is 3. The van der Waals surface area contributed by atoms with E-state index < -0.39 is 0 Å². The average molecular weight is 333 g/mol. The second kappa shape index (κ2) is 11.8. The van der Waals surface area contributed by atoms with Gasteiger partial charge < -0.3 is 4.74 Å². The highest BCUT2D eigenvalue weighted by Crippen LogP contribution is 2.40. The quantitative estimate of drug-likeness (QED) is 0.242. The Morgan fingerprint density at radius 2 is 1.42 bits per heavy atom. The third-order valence-corrected chi connectivity index (χ3v) is 6.16. The van der Waals surface area contributed by atoms with Crippen LogP contribution in [0.3, 0.4) is 0 Å². The Kier molecular flexibility index (Phi) is 9.61. The summed E-state index contributed by atoms with van der Waals surface area (Å²) in [6.07, 6.45) is 27.0. The first-order valence-electron chi connectivity index (χ1n) is 10.8. The monoisotopic (exact) mass is 332 g/mol. The van der Waals surface area contributed by atoms with Gasteiger partial charge in [-0.05, 0) is 94.5 Å². The lowest BCUT2D eigenvalue weighted by Crippen LogP contribution is -2.27. The zero-order chi connectivity index (χ0) is 17.0. The van der Waals surface area contributed by atoms with Gasteiger partial charge in [-0.2, -0.15) is 0 Å². The van der Waals surface area contributed by atoms with E-state index in [2.05, 4.69) is 32.1 Å². The zero-order valence-corrected chi connectivity index (χ0v) is 16.2. The van der Waals surface area contributed by atoms with Gasteiger partial charge in [0.2, 0.25) is 0 Å². The van der Waals surface area contributed by atoms with Crippen LogP contribution in [0.25, 0.3) is 0 Å². The largest absolute Gasteiger partial charge is 0.498 e. The molecule has 2 fully saturated rings. The van der Waals surface area contributed by atoms with Crippen LogP contribution in [-0.4, -0.2) is 6.10 Å². The van der Waals surface area contributed by atoms with Crippen LogP contribution in [-0.2, 0) is 4.74 Å². The van der Waals surface area contributed by atoms with E-state index in [0.29, 0.717) is 6.10 Å². The fraction of sp³-hybridized carbons (Fsp3) is 0.826. The van der Waals surface area contributed by atoms with Crippen molar-refractivity contribution in [2.45, 2.75) is 103 Å². The lowest BCUT2D eigenvalue weighted by Gasteiger charge is -2.37. The van der Waals surface area contributed by atoms with E-state index in [1.807, 2.05) is 6.26 Å². The fourth-order valence-corrected chi connectivity index (χ4v) is 4.52. The summed E-state index contributed by atoms with van der Waals surface area (Å²) in [7, 11) is 0. The van der Waals surface area contributed by atoms with Gasteiger partial charge in [-0.15, -0.1) is 0 Å². The second-order valence-corrected chi connectivity index (χ2v) is 8.08. The molecule has 2 aliphatic carbocycles. The summed E-state index contributed by atoms with van der Waals surface area (Å²) in [6.45, 7) is 4.51. The first kappa shape index (κ1) is 19.6. The minimum atomic E-state index is 0.493. The molecule has 2 rings (SSSR count). The molecular formula is C23H40O. The topological polar surface area (TPSA) is 9.23 Å². The van der Waals surface area contributed by atoms with Crippen LogP contribution in [0.4, 0.5) is 0 Å². The molecule has 0 aromatic rings. The summed E-state index contributed by atoms with van der Waals surface area (Å²) in [5.74, 6) is 2.86. The maximum absolute atomic E-state index is 5.95. The van der Waals surface area contributed by atoms with E-state index in [9.17, 15) is 0 Å². The van der Waals surface area contributed by atoms with Crippen LogP contribution >= 0.6 is 0 Å². The van der Waals surface area contributed by atoms with Gasteiger partial charge >= 0.3 is 0 Å². The zero-order valence-electron chi connectivity index (χ0n) is 16.2. The van der Waals surface area contributed by atoms with Crippen molar-refractivity contribution in [1.82, 2.24) is 0 Å². The lowest BCUT2D eigenvalue weighted by molar-refractivity contribution is 0.0649. The molecule has 0 N–H and O–H groups in total. The predicted octanol–water partition coefficient (Wildman–Crippen LogP) is 7.43. The molecule has 1 nitrogen and oxygen atoms in total. The van der Waals surface area contributed by atoms with E-state index in [1.165, 1.54) is 83.5 Å². The third kappa shape index (κ3) is 7.03. The molecule has 24 heavy (non-hydrogen) atoms. The highest BCUT2D eigenvalue weighted by Gasteiger charge is 2.30. The molecular weight excluding hydrogens is 292 g/mol. The molecule has 2 saturated carbocycles. The summed E-state index contributed by atoms with van der Waals surface area (Å²) in [5.41, 5.74) is 0. The minimum absolute atomic E-state index is 0.493. The molecule has 0 aromatic carbocycles. The average Bonchev–Trinajstić information content (AvgIpc) is 2.63. The Morgan fingerprint density at radius 3 is 2.04 bits per heavy atom. The molecule has 2 aliphatic rings. The third-order valence-electron chi connectivity index (χ3n) is 6.16. The SMILES string of the molecule is CCCC=CC1CCC(C2CCC(OC=CCCCC)CC2)CC1. The molecule has 0 aliphatic heterocycles. The molecule has 1 heteroatoms. The van der Waals surface area contributed by atoms with Crippen LogP contribution in [0.2, 0.25) is 0 Å². The van der Waals surface area contributed by atoms with Crippen molar-refractivity contribution in [3.05, 3.63) is 24.5 Å². The van der Waals surface area contributed by atoms with Crippen LogP contribution in [0.1, 0.15) is 97.3 Å². The summed E-state index contributed by atoms with van der Waals surface area (Å²) in [4.78, 5) is 0. The Bertz CT molecular complexity index is 354. The van der Waals surface area contributed by atoms with E-state index in [1.54, 1.807) is 0 Å². The maximum Gasteiger partial charge on any atom is 0.0978 e. The molecule has 0 bridgehead atoms. The van der Waals surface area contributed by atoms with Gasteiger partial charge in [0, 0.05) is 0 Å². The Labute approximate surface area is 150 Å². The van der Waals surface area contributed by atoms with Gasteiger partial charge in [0.15, 0.2) is 0 Å². The predicted molar refractivity (Wildman–Crippen MR) is 105 cm³/mol. The van der Waals surface area contributed by atoms with Gasteiger partial charge in [0.25, 0.3) is 0 Å². The Morgan fingerprint density at radius 1 is 0.750 bits per heavy atom. The summed E-state index contributed by atoms with van der Waals surface area (Å²) >= 11 is 0. The molecule has 0 unspecified atom stereocenters. The van der Waals surface area contributed by atoms with Crippen molar-refractivity contribution in [3.63, 3.8) is 0 Å². The van der Waals surface area contributed by atoms with E-state index in [4.69, 9.17) is 4.74 Å². The number of allylic oxidation sites excluding steroid dienone is 3. The lowest BCUT2D eigenvalue weighted by atomic mass is 9.70. The number of hydrogen-bond acceptors (Lipinski definition) is 1.